The molecule has 0 saturated carbocycles. The largest absolute Gasteiger partial charge is 0.482 e. The van der Waals surface area contributed by atoms with Crippen molar-refractivity contribution in [3.05, 3.63) is 58.1 Å². The third-order valence-electron chi connectivity index (χ3n) is 3.09. The van der Waals surface area contributed by atoms with Crippen molar-refractivity contribution in [3.8, 4) is 5.75 Å². The van der Waals surface area contributed by atoms with E-state index in [-0.39, 0.29) is 17.9 Å². The molecule has 0 fully saturated rings. The first kappa shape index (κ1) is 13.5. The Labute approximate surface area is 130 Å². The van der Waals surface area contributed by atoms with Crippen LogP contribution in [0, 0.1) is 0 Å². The molecule has 0 aliphatic carbocycles. The summed E-state index contributed by atoms with van der Waals surface area (Å²) in [5.74, 6) is 0.525. The maximum Gasteiger partial charge on any atom is 0.262 e. The van der Waals surface area contributed by atoms with Crippen LogP contribution in [0.15, 0.2) is 46.9 Å². The Kier molecular flexibility index (Phi) is 3.68. The molecule has 1 heterocycles. The number of hydrogen-bond donors (Lipinski definition) is 1. The van der Waals surface area contributed by atoms with Crippen molar-refractivity contribution in [2.75, 3.05) is 11.9 Å². The van der Waals surface area contributed by atoms with Gasteiger partial charge in [-0.05, 0) is 35.4 Å². The van der Waals surface area contributed by atoms with Crippen molar-refractivity contribution in [3.63, 3.8) is 0 Å². The summed E-state index contributed by atoms with van der Waals surface area (Å²) < 4.78 is 6.34. The number of carbonyl (C=O) groups is 1. The van der Waals surface area contributed by atoms with E-state index in [9.17, 15) is 4.79 Å². The van der Waals surface area contributed by atoms with Gasteiger partial charge in [0.1, 0.15) is 5.75 Å². The lowest BCUT2D eigenvalue weighted by Crippen LogP contribution is -2.25. The summed E-state index contributed by atoms with van der Waals surface area (Å²) in [6.07, 6.45) is 0. The lowest BCUT2D eigenvalue weighted by atomic mass is 10.0. The highest BCUT2D eigenvalue weighted by Crippen LogP contribution is 2.35. The van der Waals surface area contributed by atoms with Gasteiger partial charge in [-0.1, -0.05) is 34.1 Å². The third kappa shape index (κ3) is 2.67. The van der Waals surface area contributed by atoms with Gasteiger partial charge in [-0.3, -0.25) is 4.79 Å². The molecule has 1 unspecified atom stereocenters. The highest BCUT2D eigenvalue weighted by molar-refractivity contribution is 9.10. The standard InChI is InChI=1S/C15H11BrClNO2/c16-11-4-1-9(2-5-11)15(17)10-3-6-13-12(7-10)18-14(19)8-20-13/h1-7,15H,8H2,(H,18,19). The predicted molar refractivity (Wildman–Crippen MR) is 82.4 cm³/mol. The highest BCUT2D eigenvalue weighted by atomic mass is 79.9. The predicted octanol–water partition coefficient (Wildman–Crippen LogP) is 4.11. The molecule has 3 nitrogen and oxygen atoms in total. The molecule has 2 aromatic rings. The number of nitrogens with one attached hydrogen (secondary N) is 1. The van der Waals surface area contributed by atoms with Crippen LogP contribution in [-0.2, 0) is 4.79 Å². The Morgan fingerprint density at radius 2 is 1.85 bits per heavy atom. The van der Waals surface area contributed by atoms with E-state index in [1.165, 1.54) is 0 Å². The van der Waals surface area contributed by atoms with E-state index in [2.05, 4.69) is 21.2 Å². The second-order valence-corrected chi connectivity index (χ2v) is 5.86. The summed E-state index contributed by atoms with van der Waals surface area (Å²) in [6, 6.07) is 13.4. The molecule has 0 saturated heterocycles. The zero-order valence-corrected chi connectivity index (χ0v) is 12.7. The smallest absolute Gasteiger partial charge is 0.262 e. The molecule has 1 N–H and O–H groups in total. The molecule has 20 heavy (non-hydrogen) atoms. The number of fused-ring (bicyclic) bond motifs is 1. The van der Waals surface area contributed by atoms with Crippen molar-refractivity contribution in [2.45, 2.75) is 5.38 Å². The summed E-state index contributed by atoms with van der Waals surface area (Å²) in [5.41, 5.74) is 2.58. The molecule has 1 aliphatic heterocycles. The lowest BCUT2D eigenvalue weighted by Gasteiger charge is -2.20. The first-order valence-electron chi connectivity index (χ1n) is 6.09. The van der Waals surface area contributed by atoms with Gasteiger partial charge in [0.2, 0.25) is 0 Å². The van der Waals surface area contributed by atoms with Gasteiger partial charge in [-0.2, -0.15) is 0 Å². The number of ether oxygens (including phenoxy) is 1. The summed E-state index contributed by atoms with van der Waals surface area (Å²) in [5, 5.41) is 2.51. The average molecular weight is 353 g/mol. The molecule has 102 valence electrons. The van der Waals surface area contributed by atoms with E-state index in [1.807, 2.05) is 42.5 Å². The van der Waals surface area contributed by atoms with Crippen molar-refractivity contribution in [1.82, 2.24) is 0 Å². The zero-order chi connectivity index (χ0) is 14.1. The number of hydrogen-bond acceptors (Lipinski definition) is 2. The molecule has 2 aromatic carbocycles. The number of benzene rings is 2. The molecular formula is C15H11BrClNO2. The molecule has 0 aromatic heterocycles. The summed E-state index contributed by atoms with van der Waals surface area (Å²) in [4.78, 5) is 11.3. The maximum atomic E-state index is 11.3. The van der Waals surface area contributed by atoms with Gasteiger partial charge < -0.3 is 10.1 Å². The van der Waals surface area contributed by atoms with Gasteiger partial charge in [0.25, 0.3) is 5.91 Å². The lowest BCUT2D eigenvalue weighted by molar-refractivity contribution is -0.118. The fourth-order valence-corrected chi connectivity index (χ4v) is 2.63. The second-order valence-electron chi connectivity index (χ2n) is 4.51. The number of alkyl halides is 1. The number of rotatable bonds is 2. The van der Waals surface area contributed by atoms with Crippen LogP contribution in [-0.4, -0.2) is 12.5 Å². The van der Waals surface area contributed by atoms with E-state index in [0.717, 1.165) is 15.6 Å². The fraction of sp³-hybridized carbons (Fsp3) is 0.133. The number of anilines is 1. The van der Waals surface area contributed by atoms with Gasteiger partial charge in [0.15, 0.2) is 6.61 Å². The van der Waals surface area contributed by atoms with Crippen molar-refractivity contribution in [1.29, 1.82) is 0 Å². The van der Waals surface area contributed by atoms with Gasteiger partial charge in [-0.15, -0.1) is 11.6 Å². The van der Waals surface area contributed by atoms with E-state index in [4.69, 9.17) is 16.3 Å². The molecule has 1 amide bonds. The zero-order valence-electron chi connectivity index (χ0n) is 10.4. The van der Waals surface area contributed by atoms with Crippen LogP contribution in [0.1, 0.15) is 16.5 Å². The van der Waals surface area contributed by atoms with Crippen LogP contribution in [0.25, 0.3) is 0 Å². The van der Waals surface area contributed by atoms with Gasteiger partial charge in [0.05, 0.1) is 11.1 Å². The van der Waals surface area contributed by atoms with Crippen LogP contribution in [0.2, 0.25) is 0 Å². The highest BCUT2D eigenvalue weighted by Gasteiger charge is 2.18. The first-order valence-corrected chi connectivity index (χ1v) is 7.32. The third-order valence-corrected chi connectivity index (χ3v) is 4.12. The minimum atomic E-state index is -0.271. The summed E-state index contributed by atoms with van der Waals surface area (Å²) in [7, 11) is 0. The van der Waals surface area contributed by atoms with Gasteiger partial charge >= 0.3 is 0 Å². The Morgan fingerprint density at radius 1 is 1.15 bits per heavy atom. The van der Waals surface area contributed by atoms with E-state index in [1.54, 1.807) is 0 Å². The van der Waals surface area contributed by atoms with E-state index in [0.29, 0.717) is 11.4 Å². The number of carbonyl (C=O) groups excluding carboxylic acids is 1. The summed E-state index contributed by atoms with van der Waals surface area (Å²) >= 11 is 9.89. The minimum Gasteiger partial charge on any atom is -0.482 e. The average Bonchev–Trinajstić information content (AvgIpc) is 2.46. The monoisotopic (exact) mass is 351 g/mol. The van der Waals surface area contributed by atoms with E-state index < -0.39 is 0 Å². The van der Waals surface area contributed by atoms with Crippen molar-refractivity contribution in [2.24, 2.45) is 0 Å². The first-order chi connectivity index (χ1) is 9.63. The molecule has 3 rings (SSSR count). The maximum absolute atomic E-state index is 11.3. The summed E-state index contributed by atoms with van der Waals surface area (Å²) in [6.45, 7) is 0.0589. The Bertz CT molecular complexity index is 657. The molecule has 0 bridgehead atoms. The number of amides is 1. The molecular weight excluding hydrogens is 342 g/mol. The molecule has 0 spiro atoms. The van der Waals surface area contributed by atoms with Crippen LogP contribution < -0.4 is 10.1 Å². The quantitative estimate of drug-likeness (QED) is 0.826. The normalized spacial score (nSPS) is 15.0. The fourth-order valence-electron chi connectivity index (χ4n) is 2.08. The topological polar surface area (TPSA) is 38.3 Å². The Balaban J connectivity index is 1.92. The molecule has 1 aliphatic rings. The Hall–Kier alpha value is -1.52. The Morgan fingerprint density at radius 3 is 2.60 bits per heavy atom. The second kappa shape index (κ2) is 5.46. The van der Waals surface area contributed by atoms with Crippen LogP contribution in [0.3, 0.4) is 0 Å². The molecule has 5 heteroatoms. The van der Waals surface area contributed by atoms with Gasteiger partial charge in [-0.25, -0.2) is 0 Å². The SMILES string of the molecule is O=C1COc2ccc(C(Cl)c3ccc(Br)cc3)cc2N1. The van der Waals surface area contributed by atoms with Crippen molar-refractivity contribution >= 4 is 39.1 Å². The molecule has 0 radical (unpaired) electrons. The van der Waals surface area contributed by atoms with E-state index >= 15 is 0 Å². The van der Waals surface area contributed by atoms with Gasteiger partial charge in [0, 0.05) is 4.47 Å². The van der Waals surface area contributed by atoms with Crippen LogP contribution in [0.4, 0.5) is 5.69 Å². The minimum absolute atomic E-state index is 0.0589. The van der Waals surface area contributed by atoms with Crippen molar-refractivity contribution < 1.29 is 9.53 Å². The van der Waals surface area contributed by atoms with Crippen LogP contribution >= 0.6 is 27.5 Å². The molecule has 1 atom stereocenters. The number of halogens is 2. The van der Waals surface area contributed by atoms with Crippen LogP contribution in [0.5, 0.6) is 5.75 Å².